The van der Waals surface area contributed by atoms with E-state index in [1.54, 1.807) is 7.05 Å². The fourth-order valence-electron chi connectivity index (χ4n) is 2.46. The summed E-state index contributed by atoms with van der Waals surface area (Å²) in [6.45, 7) is 0.632. The van der Waals surface area contributed by atoms with Gasteiger partial charge in [0.2, 0.25) is 5.91 Å². The van der Waals surface area contributed by atoms with Crippen LogP contribution in [0.15, 0.2) is 54.6 Å². The van der Waals surface area contributed by atoms with Gasteiger partial charge in [-0.1, -0.05) is 48.9 Å². The average molecular weight is 324 g/mol. The first kappa shape index (κ1) is 17.7. The van der Waals surface area contributed by atoms with Crippen molar-refractivity contribution in [3.63, 3.8) is 0 Å². The molecule has 0 fully saturated rings. The number of carbonyl (C=O) groups is 2. The van der Waals surface area contributed by atoms with E-state index >= 15 is 0 Å². The third kappa shape index (κ3) is 5.54. The molecular weight excluding hydrogens is 300 g/mol. The van der Waals surface area contributed by atoms with Crippen LogP contribution in [0.3, 0.4) is 0 Å². The summed E-state index contributed by atoms with van der Waals surface area (Å²) in [6.07, 6.45) is 3.21. The normalized spacial score (nSPS) is 10.2. The zero-order valence-electron chi connectivity index (χ0n) is 14.0. The van der Waals surface area contributed by atoms with E-state index < -0.39 is 0 Å². The zero-order chi connectivity index (χ0) is 17.2. The molecule has 0 bridgehead atoms. The number of rotatable bonds is 8. The van der Waals surface area contributed by atoms with E-state index in [0.29, 0.717) is 18.5 Å². The molecule has 0 aromatic heterocycles. The molecule has 0 saturated heterocycles. The van der Waals surface area contributed by atoms with E-state index in [-0.39, 0.29) is 11.8 Å². The van der Waals surface area contributed by atoms with Gasteiger partial charge in [0.15, 0.2) is 0 Å². The Labute approximate surface area is 143 Å². The Hall–Kier alpha value is -2.62. The van der Waals surface area contributed by atoms with Crippen LogP contribution in [0.1, 0.15) is 36.0 Å². The molecule has 0 atom stereocenters. The molecule has 2 aromatic rings. The minimum atomic E-state index is -0.0547. The fourth-order valence-corrected chi connectivity index (χ4v) is 2.46. The van der Waals surface area contributed by atoms with Crippen molar-refractivity contribution in [3.8, 4) is 11.1 Å². The van der Waals surface area contributed by atoms with Crippen LogP contribution in [0.4, 0.5) is 0 Å². The van der Waals surface area contributed by atoms with Gasteiger partial charge in [0.05, 0.1) is 0 Å². The first-order valence-corrected chi connectivity index (χ1v) is 8.35. The van der Waals surface area contributed by atoms with Crippen LogP contribution < -0.4 is 10.6 Å². The standard InChI is InChI=1S/C20H24N2O2/c1-21-19(23)10-6-3-7-15-22-20(24)18-13-11-17(12-14-18)16-8-4-2-5-9-16/h2,4-5,8-9,11-14H,3,6-7,10,15H2,1H3,(H,21,23)(H,22,24). The molecule has 0 aliphatic carbocycles. The molecule has 2 N–H and O–H groups in total. The van der Waals surface area contributed by atoms with E-state index in [9.17, 15) is 9.59 Å². The van der Waals surface area contributed by atoms with Gasteiger partial charge in [0.1, 0.15) is 0 Å². The average Bonchev–Trinajstić information content (AvgIpc) is 2.65. The van der Waals surface area contributed by atoms with Crippen LogP contribution in [0.2, 0.25) is 0 Å². The van der Waals surface area contributed by atoms with Gasteiger partial charge in [0, 0.05) is 25.6 Å². The SMILES string of the molecule is CNC(=O)CCCCCNC(=O)c1ccc(-c2ccccc2)cc1. The molecule has 24 heavy (non-hydrogen) atoms. The van der Waals surface area contributed by atoms with E-state index in [2.05, 4.69) is 10.6 Å². The summed E-state index contributed by atoms with van der Waals surface area (Å²) in [5, 5.41) is 5.52. The van der Waals surface area contributed by atoms with E-state index in [1.165, 1.54) is 0 Å². The molecule has 0 aliphatic heterocycles. The van der Waals surface area contributed by atoms with Crippen LogP contribution >= 0.6 is 0 Å². The fraction of sp³-hybridized carbons (Fsp3) is 0.300. The number of amides is 2. The van der Waals surface area contributed by atoms with Crippen molar-refractivity contribution in [3.05, 3.63) is 60.2 Å². The van der Waals surface area contributed by atoms with Crippen molar-refractivity contribution in [1.29, 1.82) is 0 Å². The monoisotopic (exact) mass is 324 g/mol. The van der Waals surface area contributed by atoms with Gasteiger partial charge in [-0.3, -0.25) is 9.59 Å². The molecule has 0 spiro atoms. The third-order valence-electron chi connectivity index (χ3n) is 3.90. The van der Waals surface area contributed by atoms with Gasteiger partial charge >= 0.3 is 0 Å². The molecule has 0 unspecified atom stereocenters. The Kier molecular flexibility index (Phi) is 7.02. The van der Waals surface area contributed by atoms with Gasteiger partial charge in [-0.05, 0) is 36.1 Å². The Balaban J connectivity index is 1.74. The van der Waals surface area contributed by atoms with Crippen LogP contribution in [0.5, 0.6) is 0 Å². The predicted molar refractivity (Wildman–Crippen MR) is 96.7 cm³/mol. The molecule has 4 nitrogen and oxygen atoms in total. The van der Waals surface area contributed by atoms with E-state index in [4.69, 9.17) is 0 Å². The van der Waals surface area contributed by atoms with Crippen molar-refractivity contribution in [1.82, 2.24) is 10.6 Å². The lowest BCUT2D eigenvalue weighted by Crippen LogP contribution is -2.24. The first-order chi connectivity index (χ1) is 11.7. The molecule has 2 rings (SSSR count). The molecule has 126 valence electrons. The summed E-state index contributed by atoms with van der Waals surface area (Å²) in [5.41, 5.74) is 2.90. The number of carbonyl (C=O) groups excluding carboxylic acids is 2. The number of nitrogens with one attached hydrogen (secondary N) is 2. The molecule has 0 saturated carbocycles. The van der Waals surface area contributed by atoms with E-state index in [1.807, 2.05) is 54.6 Å². The molecule has 2 aromatic carbocycles. The Morgan fingerprint density at radius 1 is 0.833 bits per heavy atom. The van der Waals surface area contributed by atoms with Gasteiger partial charge in [-0.25, -0.2) is 0 Å². The van der Waals surface area contributed by atoms with E-state index in [0.717, 1.165) is 30.4 Å². The molecule has 2 amide bonds. The lowest BCUT2D eigenvalue weighted by Gasteiger charge is -2.07. The summed E-state index contributed by atoms with van der Waals surface area (Å²) >= 11 is 0. The zero-order valence-corrected chi connectivity index (χ0v) is 14.0. The third-order valence-corrected chi connectivity index (χ3v) is 3.90. The minimum absolute atomic E-state index is 0.0547. The lowest BCUT2D eigenvalue weighted by molar-refractivity contribution is -0.120. The van der Waals surface area contributed by atoms with Crippen molar-refractivity contribution >= 4 is 11.8 Å². The van der Waals surface area contributed by atoms with Crippen LogP contribution in [-0.2, 0) is 4.79 Å². The summed E-state index contributed by atoms with van der Waals surface area (Å²) in [4.78, 5) is 23.2. The van der Waals surface area contributed by atoms with Crippen molar-refractivity contribution < 1.29 is 9.59 Å². The Morgan fingerprint density at radius 2 is 1.50 bits per heavy atom. The van der Waals surface area contributed by atoms with Crippen molar-refractivity contribution in [2.75, 3.05) is 13.6 Å². The lowest BCUT2D eigenvalue weighted by atomic mass is 10.0. The van der Waals surface area contributed by atoms with Crippen LogP contribution in [-0.4, -0.2) is 25.4 Å². The molecular formula is C20H24N2O2. The largest absolute Gasteiger partial charge is 0.359 e. The highest BCUT2D eigenvalue weighted by atomic mass is 16.2. The summed E-state index contributed by atoms with van der Waals surface area (Å²) in [6, 6.07) is 17.7. The minimum Gasteiger partial charge on any atom is -0.359 e. The number of unbranched alkanes of at least 4 members (excludes halogenated alkanes) is 2. The highest BCUT2D eigenvalue weighted by Crippen LogP contribution is 2.19. The van der Waals surface area contributed by atoms with Gasteiger partial charge in [-0.15, -0.1) is 0 Å². The quantitative estimate of drug-likeness (QED) is 0.731. The van der Waals surface area contributed by atoms with Crippen molar-refractivity contribution in [2.45, 2.75) is 25.7 Å². The first-order valence-electron chi connectivity index (χ1n) is 8.35. The van der Waals surface area contributed by atoms with Gasteiger partial charge in [0.25, 0.3) is 5.91 Å². The summed E-state index contributed by atoms with van der Waals surface area (Å²) in [5.74, 6) is 0.0125. The van der Waals surface area contributed by atoms with Crippen LogP contribution in [0, 0.1) is 0 Å². The molecule has 0 heterocycles. The highest BCUT2D eigenvalue weighted by Gasteiger charge is 2.05. The second kappa shape index (κ2) is 9.50. The maximum Gasteiger partial charge on any atom is 0.251 e. The second-order valence-electron chi connectivity index (χ2n) is 5.68. The highest BCUT2D eigenvalue weighted by molar-refractivity contribution is 5.94. The number of hydrogen-bond donors (Lipinski definition) is 2. The summed E-state index contributed by atoms with van der Waals surface area (Å²) in [7, 11) is 1.64. The smallest absolute Gasteiger partial charge is 0.251 e. The Morgan fingerprint density at radius 3 is 2.17 bits per heavy atom. The summed E-state index contributed by atoms with van der Waals surface area (Å²) < 4.78 is 0. The second-order valence-corrected chi connectivity index (χ2v) is 5.68. The number of benzene rings is 2. The maximum atomic E-state index is 12.1. The van der Waals surface area contributed by atoms with Gasteiger partial charge in [-0.2, -0.15) is 0 Å². The molecule has 4 heteroatoms. The molecule has 0 radical (unpaired) electrons. The maximum absolute atomic E-state index is 12.1. The predicted octanol–water partition coefficient (Wildman–Crippen LogP) is 3.39. The van der Waals surface area contributed by atoms with Crippen LogP contribution in [0.25, 0.3) is 11.1 Å². The van der Waals surface area contributed by atoms with Gasteiger partial charge < -0.3 is 10.6 Å². The molecule has 0 aliphatic rings. The topological polar surface area (TPSA) is 58.2 Å². The number of hydrogen-bond acceptors (Lipinski definition) is 2. The van der Waals surface area contributed by atoms with Crippen molar-refractivity contribution in [2.24, 2.45) is 0 Å². The Bertz CT molecular complexity index is 651.